The van der Waals surface area contributed by atoms with Crippen LogP contribution < -0.4 is 4.80 Å². The highest BCUT2D eigenvalue weighted by molar-refractivity contribution is 7.16. The monoisotopic (exact) mass is 374 g/mol. The van der Waals surface area contributed by atoms with Crippen molar-refractivity contribution in [1.29, 1.82) is 0 Å². The van der Waals surface area contributed by atoms with E-state index in [0.29, 0.717) is 28.5 Å². The van der Waals surface area contributed by atoms with E-state index < -0.39 is 0 Å². The number of nitrogens with zero attached hydrogens (tertiary/aromatic N) is 2. The Kier molecular flexibility index (Phi) is 5.37. The zero-order valence-corrected chi connectivity index (χ0v) is 15.9. The van der Waals surface area contributed by atoms with Gasteiger partial charge in [0.05, 0.1) is 16.8 Å². The molecule has 1 heterocycles. The van der Waals surface area contributed by atoms with Crippen LogP contribution in [0.25, 0.3) is 10.2 Å². The minimum absolute atomic E-state index is 0.244. The van der Waals surface area contributed by atoms with Crippen LogP contribution in [0.1, 0.15) is 21.5 Å². The van der Waals surface area contributed by atoms with E-state index in [2.05, 4.69) is 4.99 Å². The molecule has 130 valence electrons. The van der Waals surface area contributed by atoms with Gasteiger partial charge in [0.25, 0.3) is 5.91 Å². The average Bonchev–Trinajstić information content (AvgIpc) is 2.91. The molecule has 0 fully saturated rings. The molecule has 0 unspecified atom stereocenters. The number of thiazole rings is 1. The molecule has 3 rings (SSSR count). The first kappa shape index (κ1) is 17.9. The molecule has 0 aliphatic heterocycles. The van der Waals surface area contributed by atoms with Gasteiger partial charge in [-0.25, -0.2) is 0 Å². The van der Waals surface area contributed by atoms with E-state index in [1.54, 1.807) is 7.11 Å². The Morgan fingerprint density at radius 2 is 2.00 bits per heavy atom. The number of aromatic nitrogens is 1. The number of rotatable bonds is 4. The van der Waals surface area contributed by atoms with E-state index in [9.17, 15) is 4.79 Å². The highest BCUT2D eigenvalue weighted by atomic mass is 35.5. The highest BCUT2D eigenvalue weighted by Crippen LogP contribution is 2.22. The first-order valence-electron chi connectivity index (χ1n) is 7.94. The van der Waals surface area contributed by atoms with Crippen LogP contribution in [-0.2, 0) is 11.3 Å². The molecule has 0 N–H and O–H groups in total. The molecule has 3 aromatic rings. The third-order valence-electron chi connectivity index (χ3n) is 4.11. The van der Waals surface area contributed by atoms with Crippen LogP contribution in [0.5, 0.6) is 0 Å². The Balaban J connectivity index is 2.10. The Morgan fingerprint density at radius 1 is 1.20 bits per heavy atom. The van der Waals surface area contributed by atoms with Gasteiger partial charge in [-0.1, -0.05) is 29.0 Å². The molecular formula is C19H19ClN2O2S. The van der Waals surface area contributed by atoms with Gasteiger partial charge in [-0.15, -0.1) is 0 Å². The molecule has 0 saturated heterocycles. The molecular weight excluding hydrogens is 356 g/mol. The van der Waals surface area contributed by atoms with E-state index in [-0.39, 0.29) is 5.91 Å². The molecule has 2 aromatic carbocycles. The Morgan fingerprint density at radius 3 is 2.72 bits per heavy atom. The summed E-state index contributed by atoms with van der Waals surface area (Å²) in [6.07, 6.45) is 0. The summed E-state index contributed by atoms with van der Waals surface area (Å²) < 4.78 is 8.19. The fourth-order valence-electron chi connectivity index (χ4n) is 2.56. The number of carbonyl (C=O) groups is 1. The largest absolute Gasteiger partial charge is 0.383 e. The smallest absolute Gasteiger partial charge is 0.279 e. The number of fused-ring (bicyclic) bond motifs is 1. The van der Waals surface area contributed by atoms with Crippen LogP contribution in [0.3, 0.4) is 0 Å². The number of benzene rings is 2. The molecule has 4 nitrogen and oxygen atoms in total. The first-order valence-corrected chi connectivity index (χ1v) is 9.13. The maximum absolute atomic E-state index is 12.6. The molecule has 0 radical (unpaired) electrons. The Bertz CT molecular complexity index is 1000. The summed E-state index contributed by atoms with van der Waals surface area (Å²) in [7, 11) is 1.66. The van der Waals surface area contributed by atoms with Crippen molar-refractivity contribution in [3.8, 4) is 0 Å². The van der Waals surface area contributed by atoms with Gasteiger partial charge >= 0.3 is 0 Å². The molecule has 0 saturated carbocycles. The van der Waals surface area contributed by atoms with Gasteiger partial charge in [-0.05, 0) is 55.3 Å². The predicted octanol–water partition coefficient (Wildman–Crippen LogP) is 4.36. The van der Waals surface area contributed by atoms with E-state index in [1.165, 1.54) is 11.3 Å². The van der Waals surface area contributed by atoms with Crippen molar-refractivity contribution in [2.24, 2.45) is 4.99 Å². The zero-order chi connectivity index (χ0) is 18.0. The maximum Gasteiger partial charge on any atom is 0.279 e. The van der Waals surface area contributed by atoms with Gasteiger partial charge in [0.15, 0.2) is 4.80 Å². The standard InChI is InChI=1S/C19H19ClN2O2S/c1-12-4-5-14(10-13(12)2)18(23)21-19-22(8-9-24-3)16-7-6-15(20)11-17(16)25-19/h4-7,10-11H,8-9H2,1-3H3. The van der Waals surface area contributed by atoms with Crippen molar-refractivity contribution >= 4 is 39.1 Å². The Hall–Kier alpha value is -1.95. The van der Waals surface area contributed by atoms with Gasteiger partial charge in [-0.3, -0.25) is 4.79 Å². The summed E-state index contributed by atoms with van der Waals surface area (Å²) in [6.45, 7) is 5.18. The highest BCUT2D eigenvalue weighted by Gasteiger charge is 2.10. The number of halogens is 1. The van der Waals surface area contributed by atoms with Crippen LogP contribution in [0, 0.1) is 13.8 Å². The number of methoxy groups -OCH3 is 1. The Labute approximate surface area is 155 Å². The number of amides is 1. The minimum Gasteiger partial charge on any atom is -0.383 e. The van der Waals surface area contributed by atoms with Crippen LogP contribution >= 0.6 is 22.9 Å². The zero-order valence-electron chi connectivity index (χ0n) is 14.4. The fraction of sp³-hybridized carbons (Fsp3) is 0.263. The summed E-state index contributed by atoms with van der Waals surface area (Å²) >= 11 is 7.55. The summed E-state index contributed by atoms with van der Waals surface area (Å²) in [5, 5.41) is 0.666. The molecule has 0 spiro atoms. The van der Waals surface area contributed by atoms with Crippen LogP contribution in [-0.4, -0.2) is 24.2 Å². The lowest BCUT2D eigenvalue weighted by Crippen LogP contribution is -2.19. The molecule has 0 atom stereocenters. The number of ether oxygens (including phenoxy) is 1. The lowest BCUT2D eigenvalue weighted by molar-refractivity contribution is 0.0997. The number of aryl methyl sites for hydroxylation is 2. The molecule has 0 aliphatic carbocycles. The normalized spacial score (nSPS) is 12.1. The van der Waals surface area contributed by atoms with Gasteiger partial charge in [-0.2, -0.15) is 4.99 Å². The number of carbonyl (C=O) groups excluding carboxylic acids is 1. The number of hydrogen-bond donors (Lipinski definition) is 0. The van der Waals surface area contributed by atoms with E-state index in [4.69, 9.17) is 16.3 Å². The molecule has 6 heteroatoms. The van der Waals surface area contributed by atoms with Crippen molar-refractivity contribution < 1.29 is 9.53 Å². The second kappa shape index (κ2) is 7.52. The summed E-state index contributed by atoms with van der Waals surface area (Å²) in [6, 6.07) is 11.3. The first-order chi connectivity index (χ1) is 12.0. The topological polar surface area (TPSA) is 43.6 Å². The molecule has 1 amide bonds. The van der Waals surface area contributed by atoms with Gasteiger partial charge in [0, 0.05) is 24.2 Å². The van der Waals surface area contributed by atoms with Crippen molar-refractivity contribution in [3.05, 3.63) is 62.9 Å². The van der Waals surface area contributed by atoms with Gasteiger partial charge in [0.1, 0.15) is 0 Å². The van der Waals surface area contributed by atoms with Gasteiger partial charge < -0.3 is 9.30 Å². The van der Waals surface area contributed by atoms with E-state index in [1.807, 2.05) is 54.8 Å². The summed E-state index contributed by atoms with van der Waals surface area (Å²) in [5.41, 5.74) is 3.83. The molecule has 0 aliphatic rings. The van der Waals surface area contributed by atoms with Gasteiger partial charge in [0.2, 0.25) is 0 Å². The minimum atomic E-state index is -0.244. The van der Waals surface area contributed by atoms with Crippen LogP contribution in [0.2, 0.25) is 5.02 Å². The lowest BCUT2D eigenvalue weighted by Gasteiger charge is -2.04. The maximum atomic E-state index is 12.6. The third kappa shape index (κ3) is 3.84. The van der Waals surface area contributed by atoms with E-state index >= 15 is 0 Å². The second-order valence-electron chi connectivity index (χ2n) is 5.86. The summed E-state index contributed by atoms with van der Waals surface area (Å²) in [5.74, 6) is -0.244. The van der Waals surface area contributed by atoms with Crippen LogP contribution in [0.15, 0.2) is 41.4 Å². The molecule has 1 aromatic heterocycles. The van der Waals surface area contributed by atoms with E-state index in [0.717, 1.165) is 21.3 Å². The van der Waals surface area contributed by atoms with Crippen molar-refractivity contribution in [1.82, 2.24) is 4.57 Å². The summed E-state index contributed by atoms with van der Waals surface area (Å²) in [4.78, 5) is 17.6. The average molecular weight is 375 g/mol. The molecule has 25 heavy (non-hydrogen) atoms. The third-order valence-corrected chi connectivity index (χ3v) is 5.39. The fourth-order valence-corrected chi connectivity index (χ4v) is 3.89. The van der Waals surface area contributed by atoms with Crippen molar-refractivity contribution in [3.63, 3.8) is 0 Å². The SMILES string of the molecule is COCCn1c(=NC(=O)c2ccc(C)c(C)c2)sc2cc(Cl)ccc21. The van der Waals surface area contributed by atoms with Crippen molar-refractivity contribution in [2.75, 3.05) is 13.7 Å². The lowest BCUT2D eigenvalue weighted by atomic mass is 10.1. The van der Waals surface area contributed by atoms with Crippen molar-refractivity contribution in [2.45, 2.75) is 20.4 Å². The number of hydrogen-bond acceptors (Lipinski definition) is 3. The second-order valence-corrected chi connectivity index (χ2v) is 7.30. The van der Waals surface area contributed by atoms with Crippen LogP contribution in [0.4, 0.5) is 0 Å². The quantitative estimate of drug-likeness (QED) is 0.681. The molecule has 0 bridgehead atoms. The predicted molar refractivity (Wildman–Crippen MR) is 103 cm³/mol.